The van der Waals surface area contributed by atoms with Crippen molar-refractivity contribution in [2.45, 2.75) is 57.9 Å². The van der Waals surface area contributed by atoms with Crippen molar-refractivity contribution in [2.24, 2.45) is 11.8 Å². The fourth-order valence-corrected chi connectivity index (χ4v) is 3.92. The van der Waals surface area contributed by atoms with Gasteiger partial charge in [-0.25, -0.2) is 0 Å². The number of piperidine rings is 1. The van der Waals surface area contributed by atoms with Gasteiger partial charge < -0.3 is 10.2 Å². The summed E-state index contributed by atoms with van der Waals surface area (Å²) in [6.07, 6.45) is 10.1. The summed E-state index contributed by atoms with van der Waals surface area (Å²) in [4.78, 5) is 2.82. The maximum Gasteiger partial charge on any atom is 0.0123 e. The van der Waals surface area contributed by atoms with E-state index >= 15 is 0 Å². The average Bonchev–Trinajstić information content (AvgIpc) is 2.40. The van der Waals surface area contributed by atoms with Crippen molar-refractivity contribution in [3.05, 3.63) is 0 Å². The van der Waals surface area contributed by atoms with Gasteiger partial charge in [-0.05, 0) is 64.2 Å². The first-order valence-electron chi connectivity index (χ1n) is 7.73. The predicted octanol–water partition coefficient (Wildman–Crippen LogP) is 2.89. The van der Waals surface area contributed by atoms with Gasteiger partial charge in [-0.15, -0.1) is 0 Å². The van der Waals surface area contributed by atoms with Crippen LogP contribution in [0.15, 0.2) is 0 Å². The van der Waals surface area contributed by atoms with Crippen LogP contribution in [0.1, 0.15) is 51.9 Å². The van der Waals surface area contributed by atoms with Gasteiger partial charge >= 0.3 is 0 Å². The highest BCUT2D eigenvalue weighted by Gasteiger charge is 2.31. The monoisotopic (exact) mass is 238 g/mol. The number of likely N-dealkylation sites (tertiary alicyclic amines) is 1. The third-order valence-corrected chi connectivity index (χ3v) is 5.00. The Morgan fingerprint density at radius 3 is 2.41 bits per heavy atom. The summed E-state index contributed by atoms with van der Waals surface area (Å²) in [6, 6.07) is 0.921. The number of rotatable bonds is 4. The standard InChI is InChI=1S/C15H30N2/c1-3-14-6-4-5-7-15(14)17-10-8-13(9-11-17)12-16-2/h13-16H,3-12H2,1-2H3. The molecule has 2 aliphatic rings. The quantitative estimate of drug-likeness (QED) is 0.810. The van der Waals surface area contributed by atoms with Gasteiger partial charge in [0.05, 0.1) is 0 Å². The lowest BCUT2D eigenvalue weighted by Gasteiger charge is -2.43. The second-order valence-corrected chi connectivity index (χ2v) is 6.06. The second kappa shape index (κ2) is 6.75. The van der Waals surface area contributed by atoms with Gasteiger partial charge in [-0.2, -0.15) is 0 Å². The van der Waals surface area contributed by atoms with Gasteiger partial charge in [0, 0.05) is 6.04 Å². The van der Waals surface area contributed by atoms with Crippen LogP contribution in [0.3, 0.4) is 0 Å². The molecule has 2 rings (SSSR count). The molecule has 0 spiro atoms. The average molecular weight is 238 g/mol. The van der Waals surface area contributed by atoms with Crippen LogP contribution < -0.4 is 5.32 Å². The molecule has 0 bridgehead atoms. The fraction of sp³-hybridized carbons (Fsp3) is 1.00. The van der Waals surface area contributed by atoms with Crippen LogP contribution in [-0.2, 0) is 0 Å². The Balaban J connectivity index is 1.82. The van der Waals surface area contributed by atoms with Crippen molar-refractivity contribution in [2.75, 3.05) is 26.7 Å². The van der Waals surface area contributed by atoms with Gasteiger partial charge in [-0.1, -0.05) is 26.2 Å². The molecule has 2 fully saturated rings. The number of hydrogen-bond donors (Lipinski definition) is 1. The van der Waals surface area contributed by atoms with Crippen LogP contribution in [0.5, 0.6) is 0 Å². The van der Waals surface area contributed by atoms with Crippen molar-refractivity contribution in [3.8, 4) is 0 Å². The molecule has 2 nitrogen and oxygen atoms in total. The zero-order chi connectivity index (χ0) is 12.1. The molecule has 0 aromatic rings. The lowest BCUT2D eigenvalue weighted by molar-refractivity contribution is 0.0669. The fourth-order valence-electron chi connectivity index (χ4n) is 3.92. The third kappa shape index (κ3) is 3.45. The van der Waals surface area contributed by atoms with E-state index in [2.05, 4.69) is 24.2 Å². The molecule has 1 saturated carbocycles. The van der Waals surface area contributed by atoms with E-state index in [0.717, 1.165) is 17.9 Å². The van der Waals surface area contributed by atoms with E-state index in [1.807, 2.05) is 0 Å². The molecule has 2 heteroatoms. The molecule has 1 aliphatic carbocycles. The normalized spacial score (nSPS) is 32.8. The third-order valence-electron chi connectivity index (χ3n) is 5.00. The van der Waals surface area contributed by atoms with Crippen LogP contribution in [0.4, 0.5) is 0 Å². The second-order valence-electron chi connectivity index (χ2n) is 6.06. The smallest absolute Gasteiger partial charge is 0.0123 e. The lowest BCUT2D eigenvalue weighted by atomic mass is 9.80. The van der Waals surface area contributed by atoms with Crippen LogP contribution in [0.25, 0.3) is 0 Å². The van der Waals surface area contributed by atoms with Crippen LogP contribution in [0.2, 0.25) is 0 Å². The Kier molecular flexibility index (Phi) is 5.30. The van der Waals surface area contributed by atoms with Crippen molar-refractivity contribution in [3.63, 3.8) is 0 Å². The van der Waals surface area contributed by atoms with Gasteiger partial charge in [0.15, 0.2) is 0 Å². The molecule has 1 aliphatic heterocycles. The van der Waals surface area contributed by atoms with Crippen molar-refractivity contribution < 1.29 is 0 Å². The number of nitrogens with one attached hydrogen (secondary N) is 1. The molecule has 0 aromatic heterocycles. The van der Waals surface area contributed by atoms with Crippen molar-refractivity contribution in [1.29, 1.82) is 0 Å². The number of hydrogen-bond acceptors (Lipinski definition) is 2. The van der Waals surface area contributed by atoms with E-state index in [9.17, 15) is 0 Å². The first kappa shape index (κ1) is 13.4. The highest BCUT2D eigenvalue weighted by molar-refractivity contribution is 4.85. The van der Waals surface area contributed by atoms with E-state index in [0.29, 0.717) is 0 Å². The Morgan fingerprint density at radius 2 is 1.76 bits per heavy atom. The summed E-state index contributed by atoms with van der Waals surface area (Å²) in [5, 5.41) is 3.33. The number of nitrogens with zero attached hydrogens (tertiary/aromatic N) is 1. The highest BCUT2D eigenvalue weighted by Crippen LogP contribution is 2.32. The van der Waals surface area contributed by atoms with Gasteiger partial charge in [0.1, 0.15) is 0 Å². The van der Waals surface area contributed by atoms with Crippen LogP contribution >= 0.6 is 0 Å². The van der Waals surface area contributed by atoms with Gasteiger partial charge in [0.2, 0.25) is 0 Å². The SMILES string of the molecule is CCC1CCCCC1N1CCC(CNC)CC1. The summed E-state index contributed by atoms with van der Waals surface area (Å²) >= 11 is 0. The maximum absolute atomic E-state index is 3.33. The van der Waals surface area contributed by atoms with Crippen LogP contribution in [-0.4, -0.2) is 37.6 Å². The molecule has 1 N–H and O–H groups in total. The minimum atomic E-state index is 0.921. The van der Waals surface area contributed by atoms with Crippen molar-refractivity contribution >= 4 is 0 Å². The zero-order valence-corrected chi connectivity index (χ0v) is 11.8. The van der Waals surface area contributed by atoms with E-state index in [-0.39, 0.29) is 0 Å². The molecule has 0 aromatic carbocycles. The zero-order valence-electron chi connectivity index (χ0n) is 11.8. The minimum Gasteiger partial charge on any atom is -0.319 e. The molecule has 1 heterocycles. The van der Waals surface area contributed by atoms with Gasteiger partial charge in [0.25, 0.3) is 0 Å². The van der Waals surface area contributed by atoms with Crippen LogP contribution in [0, 0.1) is 11.8 Å². The topological polar surface area (TPSA) is 15.3 Å². The van der Waals surface area contributed by atoms with E-state index in [4.69, 9.17) is 0 Å². The molecule has 0 radical (unpaired) electrons. The molecular formula is C15H30N2. The van der Waals surface area contributed by atoms with E-state index in [1.54, 1.807) is 0 Å². The Morgan fingerprint density at radius 1 is 1.06 bits per heavy atom. The molecular weight excluding hydrogens is 208 g/mol. The molecule has 2 atom stereocenters. The molecule has 1 saturated heterocycles. The summed E-state index contributed by atoms with van der Waals surface area (Å²) in [5.74, 6) is 1.92. The first-order chi connectivity index (χ1) is 8.35. The Hall–Kier alpha value is -0.0800. The Labute approximate surface area is 107 Å². The maximum atomic E-state index is 3.33. The van der Waals surface area contributed by atoms with E-state index < -0.39 is 0 Å². The summed E-state index contributed by atoms with van der Waals surface area (Å²) in [7, 11) is 2.08. The molecule has 100 valence electrons. The summed E-state index contributed by atoms with van der Waals surface area (Å²) in [6.45, 7) is 6.31. The Bertz CT molecular complexity index is 209. The first-order valence-corrected chi connectivity index (χ1v) is 7.73. The largest absolute Gasteiger partial charge is 0.319 e. The lowest BCUT2D eigenvalue weighted by Crippen LogP contribution is -2.47. The summed E-state index contributed by atoms with van der Waals surface area (Å²) < 4.78 is 0. The van der Waals surface area contributed by atoms with E-state index in [1.165, 1.54) is 64.6 Å². The molecule has 2 unspecified atom stereocenters. The predicted molar refractivity (Wildman–Crippen MR) is 74.3 cm³/mol. The van der Waals surface area contributed by atoms with Crippen molar-refractivity contribution in [1.82, 2.24) is 10.2 Å². The van der Waals surface area contributed by atoms with Gasteiger partial charge in [-0.3, -0.25) is 0 Å². The minimum absolute atomic E-state index is 0.921. The molecule has 17 heavy (non-hydrogen) atoms. The summed E-state index contributed by atoms with van der Waals surface area (Å²) in [5.41, 5.74) is 0. The molecule has 0 amide bonds. The highest BCUT2D eigenvalue weighted by atomic mass is 15.2.